The van der Waals surface area contributed by atoms with Gasteiger partial charge in [-0.25, -0.2) is 8.42 Å². The third-order valence-electron chi connectivity index (χ3n) is 3.84. The fourth-order valence-corrected chi connectivity index (χ4v) is 3.85. The number of likely N-dealkylation sites (tertiary alicyclic amines) is 1. The van der Waals surface area contributed by atoms with Crippen LogP contribution in [0.3, 0.4) is 0 Å². The van der Waals surface area contributed by atoms with Crippen molar-refractivity contribution in [1.82, 2.24) is 4.90 Å². The highest BCUT2D eigenvalue weighted by Crippen LogP contribution is 2.17. The Balaban J connectivity index is 1.97. The normalized spacial score (nSPS) is 19.8. The number of carbonyl (C=O) groups is 1. The number of hydrogen-bond acceptors (Lipinski definition) is 5. The summed E-state index contributed by atoms with van der Waals surface area (Å²) in [6.45, 7) is 1.99. The van der Waals surface area contributed by atoms with Crippen molar-refractivity contribution in [2.75, 3.05) is 25.4 Å². The second kappa shape index (κ2) is 6.55. The molecule has 0 aromatic heterocycles. The van der Waals surface area contributed by atoms with Gasteiger partial charge in [0.1, 0.15) is 0 Å². The molecule has 21 heavy (non-hydrogen) atoms. The number of amides is 1. The molecule has 0 saturated carbocycles. The van der Waals surface area contributed by atoms with Gasteiger partial charge < -0.3 is 16.4 Å². The van der Waals surface area contributed by atoms with E-state index in [1.54, 1.807) is 24.3 Å². The van der Waals surface area contributed by atoms with Crippen LogP contribution in [0.15, 0.2) is 29.2 Å². The molecule has 6 nitrogen and oxygen atoms in total. The summed E-state index contributed by atoms with van der Waals surface area (Å²) >= 11 is 0. The zero-order valence-corrected chi connectivity index (χ0v) is 12.7. The molecule has 7 heteroatoms. The molecule has 0 bridgehead atoms. The van der Waals surface area contributed by atoms with Crippen molar-refractivity contribution in [3.8, 4) is 0 Å². The Hall–Kier alpha value is -1.44. The predicted molar refractivity (Wildman–Crippen MR) is 80.1 cm³/mol. The molecular weight excluding hydrogens is 290 g/mol. The van der Waals surface area contributed by atoms with Crippen LogP contribution >= 0.6 is 0 Å². The molecule has 2 rings (SSSR count). The van der Waals surface area contributed by atoms with E-state index in [0.717, 1.165) is 5.56 Å². The van der Waals surface area contributed by atoms with Crippen molar-refractivity contribution in [3.05, 3.63) is 29.8 Å². The maximum absolute atomic E-state index is 12.3. The average Bonchev–Trinajstić information content (AvgIpc) is 2.94. The zero-order valence-electron chi connectivity index (χ0n) is 11.9. The number of nitrogens with zero attached hydrogens (tertiary/aromatic N) is 1. The van der Waals surface area contributed by atoms with E-state index in [1.165, 1.54) is 0 Å². The van der Waals surface area contributed by atoms with Crippen molar-refractivity contribution in [3.63, 3.8) is 0 Å². The highest BCUT2D eigenvalue weighted by molar-refractivity contribution is 7.91. The Morgan fingerprint density at radius 1 is 1.38 bits per heavy atom. The van der Waals surface area contributed by atoms with Gasteiger partial charge in [-0.3, -0.25) is 4.79 Å². The standard InChI is InChI=1S/C14H21N3O3S/c15-9-11-2-1-3-13(8-11)21(19,20)7-6-17-5-4-12(10-17)14(16)18/h1-3,8,12H,4-7,9-10,15H2,(H2,16,18). The zero-order chi connectivity index (χ0) is 15.5. The van der Waals surface area contributed by atoms with Crippen LogP contribution in [0.25, 0.3) is 0 Å². The second-order valence-corrected chi connectivity index (χ2v) is 7.47. The summed E-state index contributed by atoms with van der Waals surface area (Å²) in [6.07, 6.45) is 0.706. The Morgan fingerprint density at radius 3 is 2.76 bits per heavy atom. The summed E-state index contributed by atoms with van der Waals surface area (Å²) in [5.41, 5.74) is 11.6. The predicted octanol–water partition coefficient (Wildman–Crippen LogP) is -0.274. The van der Waals surface area contributed by atoms with Crippen LogP contribution in [0, 0.1) is 5.92 Å². The molecule has 4 N–H and O–H groups in total. The van der Waals surface area contributed by atoms with Crippen LogP contribution < -0.4 is 11.5 Å². The minimum absolute atomic E-state index is 0.0342. The average molecular weight is 311 g/mol. The first-order chi connectivity index (χ1) is 9.92. The van der Waals surface area contributed by atoms with Crippen LogP contribution in [0.1, 0.15) is 12.0 Å². The van der Waals surface area contributed by atoms with Gasteiger partial charge in [0.05, 0.1) is 16.6 Å². The summed E-state index contributed by atoms with van der Waals surface area (Å²) in [6, 6.07) is 6.71. The monoisotopic (exact) mass is 311 g/mol. The lowest BCUT2D eigenvalue weighted by atomic mass is 10.1. The van der Waals surface area contributed by atoms with Crippen molar-refractivity contribution < 1.29 is 13.2 Å². The van der Waals surface area contributed by atoms with Crippen molar-refractivity contribution in [2.24, 2.45) is 17.4 Å². The van der Waals surface area contributed by atoms with E-state index in [0.29, 0.717) is 37.5 Å². The van der Waals surface area contributed by atoms with Gasteiger partial charge in [-0.1, -0.05) is 12.1 Å². The minimum Gasteiger partial charge on any atom is -0.369 e. The highest BCUT2D eigenvalue weighted by Gasteiger charge is 2.27. The Morgan fingerprint density at radius 2 is 2.14 bits per heavy atom. The number of nitrogens with two attached hydrogens (primary N) is 2. The molecule has 1 fully saturated rings. The Labute approximate surface area is 125 Å². The van der Waals surface area contributed by atoms with Gasteiger partial charge in [0.25, 0.3) is 0 Å². The van der Waals surface area contributed by atoms with Crippen molar-refractivity contribution in [1.29, 1.82) is 0 Å². The van der Waals surface area contributed by atoms with E-state index in [-0.39, 0.29) is 17.6 Å². The Bertz CT molecular complexity index is 616. The quantitative estimate of drug-likeness (QED) is 0.752. The molecule has 1 atom stereocenters. The van der Waals surface area contributed by atoms with Gasteiger partial charge in [0.15, 0.2) is 9.84 Å². The lowest BCUT2D eigenvalue weighted by Crippen LogP contribution is -2.30. The number of benzene rings is 1. The molecule has 1 aromatic carbocycles. The van der Waals surface area contributed by atoms with Gasteiger partial charge in [-0.15, -0.1) is 0 Å². The molecule has 1 saturated heterocycles. The lowest BCUT2D eigenvalue weighted by Gasteiger charge is -2.15. The molecule has 1 aromatic rings. The molecule has 0 spiro atoms. The fourth-order valence-electron chi connectivity index (χ4n) is 2.50. The summed E-state index contributed by atoms with van der Waals surface area (Å²) in [4.78, 5) is 13.4. The third-order valence-corrected chi connectivity index (χ3v) is 5.54. The van der Waals surface area contributed by atoms with Gasteiger partial charge in [0, 0.05) is 19.6 Å². The summed E-state index contributed by atoms with van der Waals surface area (Å²) in [5.74, 6) is -0.434. The first-order valence-corrected chi connectivity index (χ1v) is 8.61. The van der Waals surface area contributed by atoms with Gasteiger partial charge in [-0.05, 0) is 30.7 Å². The maximum Gasteiger partial charge on any atom is 0.221 e. The molecular formula is C14H21N3O3S. The smallest absolute Gasteiger partial charge is 0.221 e. The number of hydrogen-bond donors (Lipinski definition) is 2. The van der Waals surface area contributed by atoms with Crippen LogP contribution in [-0.4, -0.2) is 44.6 Å². The van der Waals surface area contributed by atoms with Crippen LogP contribution in [0.5, 0.6) is 0 Å². The molecule has 0 radical (unpaired) electrons. The molecule has 1 amide bonds. The number of carbonyl (C=O) groups excluding carboxylic acids is 1. The second-order valence-electron chi connectivity index (χ2n) is 5.36. The van der Waals surface area contributed by atoms with Crippen LogP contribution in [-0.2, 0) is 21.2 Å². The molecule has 0 aliphatic carbocycles. The first-order valence-electron chi connectivity index (χ1n) is 6.96. The van der Waals surface area contributed by atoms with Crippen molar-refractivity contribution >= 4 is 15.7 Å². The van der Waals surface area contributed by atoms with E-state index < -0.39 is 9.84 Å². The lowest BCUT2D eigenvalue weighted by molar-refractivity contribution is -0.121. The van der Waals surface area contributed by atoms with E-state index in [2.05, 4.69) is 0 Å². The number of sulfone groups is 1. The van der Waals surface area contributed by atoms with E-state index in [9.17, 15) is 13.2 Å². The van der Waals surface area contributed by atoms with Gasteiger partial charge in [0.2, 0.25) is 5.91 Å². The van der Waals surface area contributed by atoms with Crippen LogP contribution in [0.2, 0.25) is 0 Å². The fraction of sp³-hybridized carbons (Fsp3) is 0.500. The molecule has 1 aliphatic rings. The molecule has 1 unspecified atom stereocenters. The summed E-state index contributed by atoms with van der Waals surface area (Å²) in [5, 5.41) is 0. The summed E-state index contributed by atoms with van der Waals surface area (Å²) in [7, 11) is -3.33. The van der Waals surface area contributed by atoms with E-state index >= 15 is 0 Å². The molecule has 1 aliphatic heterocycles. The SMILES string of the molecule is NCc1cccc(S(=O)(=O)CCN2CCC(C(N)=O)C2)c1. The first kappa shape index (κ1) is 15.9. The molecule has 1 heterocycles. The third kappa shape index (κ3) is 4.03. The largest absolute Gasteiger partial charge is 0.369 e. The van der Waals surface area contributed by atoms with E-state index in [1.807, 2.05) is 4.90 Å². The maximum atomic E-state index is 12.3. The van der Waals surface area contributed by atoms with E-state index in [4.69, 9.17) is 11.5 Å². The number of rotatable bonds is 6. The van der Waals surface area contributed by atoms with Crippen LogP contribution in [0.4, 0.5) is 0 Å². The minimum atomic E-state index is -3.33. The topological polar surface area (TPSA) is 106 Å². The van der Waals surface area contributed by atoms with Crippen molar-refractivity contribution in [2.45, 2.75) is 17.9 Å². The highest BCUT2D eigenvalue weighted by atomic mass is 32.2. The molecule has 116 valence electrons. The van der Waals surface area contributed by atoms with Gasteiger partial charge in [-0.2, -0.15) is 0 Å². The Kier molecular flexibility index (Phi) is 4.97. The van der Waals surface area contributed by atoms with Gasteiger partial charge >= 0.3 is 0 Å². The summed E-state index contributed by atoms with van der Waals surface area (Å²) < 4.78 is 24.6. The number of primary amides is 1.